The van der Waals surface area contributed by atoms with Gasteiger partial charge >= 0.3 is 0 Å². The van der Waals surface area contributed by atoms with Crippen molar-refractivity contribution in [1.82, 2.24) is 10.2 Å². The van der Waals surface area contributed by atoms with Crippen LogP contribution in [-0.4, -0.2) is 35.1 Å². The minimum absolute atomic E-state index is 0.100. The summed E-state index contributed by atoms with van der Waals surface area (Å²) >= 11 is 0. The standard InChI is InChI=1S/C12H11N3O4/c1-6(16)14-9(17)5-15-11(18)7-3-2-4-8(13)10(7)12(15)19/h2-4H,5,13H2,1H3,(H,14,16,17). The molecule has 1 aromatic rings. The molecule has 0 fully saturated rings. The highest BCUT2D eigenvalue weighted by atomic mass is 16.2. The number of amides is 4. The summed E-state index contributed by atoms with van der Waals surface area (Å²) in [6.07, 6.45) is 0. The molecule has 0 radical (unpaired) electrons. The van der Waals surface area contributed by atoms with E-state index in [1.165, 1.54) is 12.1 Å². The Kier molecular flexibility index (Phi) is 3.04. The summed E-state index contributed by atoms with van der Waals surface area (Å²) in [5, 5.41) is 2.00. The number of nitrogen functional groups attached to an aromatic ring is 1. The molecule has 1 heterocycles. The molecule has 1 aliphatic rings. The van der Waals surface area contributed by atoms with Gasteiger partial charge in [0.1, 0.15) is 6.54 Å². The zero-order valence-electron chi connectivity index (χ0n) is 10.1. The first-order valence-electron chi connectivity index (χ1n) is 5.47. The molecule has 0 aromatic heterocycles. The molecule has 7 heteroatoms. The van der Waals surface area contributed by atoms with E-state index < -0.39 is 30.2 Å². The largest absolute Gasteiger partial charge is 0.398 e. The van der Waals surface area contributed by atoms with E-state index in [4.69, 9.17) is 5.73 Å². The predicted octanol–water partition coefficient (Wildman–Crippen LogP) is -0.473. The average molecular weight is 261 g/mol. The summed E-state index contributed by atoms with van der Waals surface area (Å²) in [5.74, 6) is -2.50. The van der Waals surface area contributed by atoms with Gasteiger partial charge in [-0.1, -0.05) is 6.07 Å². The van der Waals surface area contributed by atoms with Crippen molar-refractivity contribution < 1.29 is 19.2 Å². The maximum atomic E-state index is 12.0. The lowest BCUT2D eigenvalue weighted by Crippen LogP contribution is -2.41. The maximum Gasteiger partial charge on any atom is 0.264 e. The van der Waals surface area contributed by atoms with Crippen LogP contribution in [0.1, 0.15) is 27.6 Å². The molecule has 19 heavy (non-hydrogen) atoms. The van der Waals surface area contributed by atoms with E-state index in [1.807, 2.05) is 5.32 Å². The fourth-order valence-electron chi connectivity index (χ4n) is 1.88. The summed E-state index contributed by atoms with van der Waals surface area (Å²) < 4.78 is 0. The van der Waals surface area contributed by atoms with Crippen molar-refractivity contribution in [1.29, 1.82) is 0 Å². The molecule has 0 saturated carbocycles. The SMILES string of the molecule is CC(=O)NC(=O)CN1C(=O)c2cccc(N)c2C1=O. The lowest BCUT2D eigenvalue weighted by molar-refractivity contribution is -0.129. The molecule has 0 bridgehead atoms. The van der Waals surface area contributed by atoms with Crippen LogP contribution in [0, 0.1) is 0 Å². The monoisotopic (exact) mass is 261 g/mol. The summed E-state index contributed by atoms with van der Waals surface area (Å²) in [4.78, 5) is 46.9. The molecule has 1 aromatic carbocycles. The van der Waals surface area contributed by atoms with Gasteiger partial charge in [-0.15, -0.1) is 0 Å². The van der Waals surface area contributed by atoms with Crippen LogP contribution in [0.3, 0.4) is 0 Å². The van der Waals surface area contributed by atoms with Crippen LogP contribution in [-0.2, 0) is 9.59 Å². The van der Waals surface area contributed by atoms with Crippen molar-refractivity contribution in [3.8, 4) is 0 Å². The number of nitrogens with zero attached hydrogens (tertiary/aromatic N) is 1. The third-order valence-electron chi connectivity index (χ3n) is 2.65. The highest BCUT2D eigenvalue weighted by Gasteiger charge is 2.37. The quantitative estimate of drug-likeness (QED) is 0.552. The number of anilines is 1. The number of nitrogens with one attached hydrogen (secondary N) is 1. The number of benzene rings is 1. The number of nitrogens with two attached hydrogens (primary N) is 1. The van der Waals surface area contributed by atoms with Gasteiger partial charge in [0.05, 0.1) is 11.1 Å². The summed E-state index contributed by atoms with van der Waals surface area (Å²) in [6.45, 7) is 0.656. The Labute approximate surface area is 108 Å². The highest BCUT2D eigenvalue weighted by Crippen LogP contribution is 2.27. The molecule has 0 unspecified atom stereocenters. The topological polar surface area (TPSA) is 110 Å². The van der Waals surface area contributed by atoms with Crippen molar-refractivity contribution in [3.63, 3.8) is 0 Å². The van der Waals surface area contributed by atoms with Gasteiger partial charge in [-0.25, -0.2) is 0 Å². The zero-order valence-corrected chi connectivity index (χ0v) is 10.1. The van der Waals surface area contributed by atoms with E-state index in [-0.39, 0.29) is 16.8 Å². The predicted molar refractivity (Wildman–Crippen MR) is 65.0 cm³/mol. The third kappa shape index (κ3) is 2.17. The van der Waals surface area contributed by atoms with E-state index in [0.717, 1.165) is 11.8 Å². The number of imide groups is 2. The van der Waals surface area contributed by atoms with E-state index in [2.05, 4.69) is 0 Å². The van der Waals surface area contributed by atoms with Crippen LogP contribution in [0.5, 0.6) is 0 Å². The van der Waals surface area contributed by atoms with Gasteiger partial charge < -0.3 is 5.73 Å². The Morgan fingerprint density at radius 1 is 1.26 bits per heavy atom. The van der Waals surface area contributed by atoms with Gasteiger partial charge in [0.15, 0.2) is 0 Å². The third-order valence-corrected chi connectivity index (χ3v) is 2.65. The number of hydrogen-bond donors (Lipinski definition) is 2. The molecule has 2 rings (SSSR count). The molecule has 4 amide bonds. The van der Waals surface area contributed by atoms with Crippen molar-refractivity contribution in [3.05, 3.63) is 29.3 Å². The van der Waals surface area contributed by atoms with E-state index >= 15 is 0 Å². The Morgan fingerprint density at radius 2 is 1.95 bits per heavy atom. The second kappa shape index (κ2) is 4.52. The smallest absolute Gasteiger partial charge is 0.264 e. The lowest BCUT2D eigenvalue weighted by Gasteiger charge is -2.12. The first-order valence-corrected chi connectivity index (χ1v) is 5.47. The van der Waals surface area contributed by atoms with Crippen LogP contribution in [0.25, 0.3) is 0 Å². The van der Waals surface area contributed by atoms with Gasteiger partial charge in [-0.2, -0.15) is 0 Å². The van der Waals surface area contributed by atoms with Gasteiger partial charge in [0.2, 0.25) is 11.8 Å². The molecule has 3 N–H and O–H groups in total. The zero-order chi connectivity index (χ0) is 14.2. The molecule has 98 valence electrons. The second-order valence-electron chi connectivity index (χ2n) is 4.07. The van der Waals surface area contributed by atoms with E-state index in [1.54, 1.807) is 6.07 Å². The molecular weight excluding hydrogens is 250 g/mol. The van der Waals surface area contributed by atoms with Gasteiger partial charge in [-0.05, 0) is 12.1 Å². The Hall–Kier alpha value is -2.70. The van der Waals surface area contributed by atoms with Crippen LogP contribution in [0.4, 0.5) is 5.69 Å². The molecule has 0 aliphatic carbocycles. The lowest BCUT2D eigenvalue weighted by atomic mass is 10.1. The van der Waals surface area contributed by atoms with E-state index in [0.29, 0.717) is 0 Å². The van der Waals surface area contributed by atoms with Gasteiger partial charge in [0.25, 0.3) is 11.8 Å². The molecule has 0 atom stereocenters. The van der Waals surface area contributed by atoms with Gasteiger partial charge in [-0.3, -0.25) is 29.4 Å². The first-order chi connectivity index (χ1) is 8.91. The second-order valence-corrected chi connectivity index (χ2v) is 4.07. The molecule has 0 saturated heterocycles. The van der Waals surface area contributed by atoms with Crippen molar-refractivity contribution in [2.75, 3.05) is 12.3 Å². The van der Waals surface area contributed by atoms with Crippen molar-refractivity contribution in [2.45, 2.75) is 6.92 Å². The minimum atomic E-state index is -0.722. The number of rotatable bonds is 2. The number of fused-ring (bicyclic) bond motifs is 1. The van der Waals surface area contributed by atoms with Crippen LogP contribution in [0.15, 0.2) is 18.2 Å². The fraction of sp³-hybridized carbons (Fsp3) is 0.167. The Bertz CT molecular complexity index is 609. The molecule has 7 nitrogen and oxygen atoms in total. The van der Waals surface area contributed by atoms with Gasteiger partial charge in [0, 0.05) is 12.6 Å². The number of hydrogen-bond acceptors (Lipinski definition) is 5. The van der Waals surface area contributed by atoms with Crippen molar-refractivity contribution >= 4 is 29.3 Å². The molecule has 0 spiro atoms. The highest BCUT2D eigenvalue weighted by molar-refractivity contribution is 6.24. The van der Waals surface area contributed by atoms with Crippen LogP contribution in [0.2, 0.25) is 0 Å². The van der Waals surface area contributed by atoms with Crippen LogP contribution < -0.4 is 11.1 Å². The number of carbonyl (C=O) groups excluding carboxylic acids is 4. The first kappa shape index (κ1) is 12.7. The summed E-state index contributed by atoms with van der Waals surface area (Å²) in [7, 11) is 0. The van der Waals surface area contributed by atoms with E-state index in [9.17, 15) is 19.2 Å². The fourth-order valence-corrected chi connectivity index (χ4v) is 1.88. The Balaban J connectivity index is 2.26. The maximum absolute atomic E-state index is 12.0. The molecular formula is C12H11N3O4. The average Bonchev–Trinajstić information content (AvgIpc) is 2.54. The molecule has 1 aliphatic heterocycles. The van der Waals surface area contributed by atoms with Crippen molar-refractivity contribution in [2.24, 2.45) is 0 Å². The summed E-state index contributed by atoms with van der Waals surface area (Å²) in [5.41, 5.74) is 6.10. The normalized spacial score (nSPS) is 13.4. The minimum Gasteiger partial charge on any atom is -0.398 e. The summed E-state index contributed by atoms with van der Waals surface area (Å²) in [6, 6.07) is 4.52. The van der Waals surface area contributed by atoms with Crippen LogP contribution >= 0.6 is 0 Å². The number of carbonyl (C=O) groups is 4. The Morgan fingerprint density at radius 3 is 2.53 bits per heavy atom.